The van der Waals surface area contributed by atoms with Crippen LogP contribution in [0, 0.1) is 17.8 Å². The fraction of sp³-hybridized carbons (Fsp3) is 0.419. The summed E-state index contributed by atoms with van der Waals surface area (Å²) in [6, 6.07) is 7.33. The summed E-state index contributed by atoms with van der Waals surface area (Å²) in [6.45, 7) is 2.03. The van der Waals surface area contributed by atoms with Crippen LogP contribution in [-0.4, -0.2) is 61.2 Å². The van der Waals surface area contributed by atoms with E-state index >= 15 is 0 Å². The summed E-state index contributed by atoms with van der Waals surface area (Å²) in [4.78, 5) is 28.5. The van der Waals surface area contributed by atoms with Gasteiger partial charge in [-0.1, -0.05) is 36.1 Å². The lowest BCUT2D eigenvalue weighted by Crippen LogP contribution is -2.43. The molecule has 2 saturated carbocycles. The first kappa shape index (κ1) is 28.2. The van der Waals surface area contributed by atoms with Crippen molar-refractivity contribution in [1.29, 1.82) is 0 Å². The summed E-state index contributed by atoms with van der Waals surface area (Å²) >= 11 is 0. The zero-order valence-electron chi connectivity index (χ0n) is 24.1. The number of imidazole rings is 1. The van der Waals surface area contributed by atoms with Gasteiger partial charge in [0, 0.05) is 43.2 Å². The SMILES string of the molecule is COc1ncnc(C2CC2)c1-c1ncnc(N(CC#CC2CC2)Cc2ccc(-c3nc(C(F)(F)F)cn3C3CNC3)cc2)n1. The Kier molecular flexibility index (Phi) is 7.37. The number of hydrogen-bond acceptors (Lipinski definition) is 9. The average molecular weight is 602 g/mol. The molecule has 0 unspecified atom stereocenters. The first-order chi connectivity index (χ1) is 21.4. The van der Waals surface area contributed by atoms with E-state index in [1.807, 2.05) is 17.0 Å². The molecule has 7 rings (SSSR count). The molecule has 4 heterocycles. The van der Waals surface area contributed by atoms with Gasteiger partial charge < -0.3 is 19.5 Å². The number of nitrogens with zero attached hydrogens (tertiary/aromatic N) is 8. The summed E-state index contributed by atoms with van der Waals surface area (Å²) in [7, 11) is 1.56. The van der Waals surface area contributed by atoms with Crippen molar-refractivity contribution >= 4 is 5.95 Å². The van der Waals surface area contributed by atoms with Gasteiger partial charge in [0.25, 0.3) is 0 Å². The van der Waals surface area contributed by atoms with Crippen molar-refractivity contribution in [3.8, 4) is 40.5 Å². The lowest BCUT2D eigenvalue weighted by molar-refractivity contribution is -0.140. The first-order valence-electron chi connectivity index (χ1n) is 14.6. The summed E-state index contributed by atoms with van der Waals surface area (Å²) < 4.78 is 47.7. The number of ether oxygens (including phenoxy) is 1. The number of aromatic nitrogens is 7. The quantitative estimate of drug-likeness (QED) is 0.274. The van der Waals surface area contributed by atoms with Crippen molar-refractivity contribution in [3.63, 3.8) is 0 Å². The Morgan fingerprint density at radius 3 is 2.43 bits per heavy atom. The predicted octanol–water partition coefficient (Wildman–Crippen LogP) is 4.66. The maximum Gasteiger partial charge on any atom is 0.434 e. The van der Waals surface area contributed by atoms with Crippen LogP contribution in [0.1, 0.15) is 54.6 Å². The molecule has 0 spiro atoms. The number of anilines is 1. The molecule has 10 nitrogen and oxygen atoms in total. The fourth-order valence-corrected chi connectivity index (χ4v) is 5.16. The lowest BCUT2D eigenvalue weighted by atomic mass is 10.1. The molecule has 226 valence electrons. The summed E-state index contributed by atoms with van der Waals surface area (Å²) in [5.41, 5.74) is 2.18. The molecule has 13 heteroatoms. The maximum atomic E-state index is 13.5. The highest BCUT2D eigenvalue weighted by molar-refractivity contribution is 5.66. The van der Waals surface area contributed by atoms with Gasteiger partial charge in [0.05, 0.1) is 25.4 Å². The van der Waals surface area contributed by atoms with Crippen molar-refractivity contribution in [2.24, 2.45) is 5.92 Å². The van der Waals surface area contributed by atoms with E-state index in [1.54, 1.807) is 23.8 Å². The minimum atomic E-state index is -4.52. The molecular weight excluding hydrogens is 571 g/mol. The molecule has 0 radical (unpaired) electrons. The number of nitrogens with one attached hydrogen (secondary N) is 1. The number of rotatable bonds is 9. The molecule has 1 N–H and O–H groups in total. The second-order valence-corrected chi connectivity index (χ2v) is 11.3. The van der Waals surface area contributed by atoms with Crippen LogP contribution in [0.5, 0.6) is 5.88 Å². The van der Waals surface area contributed by atoms with E-state index in [-0.39, 0.29) is 6.04 Å². The van der Waals surface area contributed by atoms with Gasteiger partial charge in [-0.25, -0.2) is 24.9 Å². The Hall–Kier alpha value is -4.57. The number of benzene rings is 1. The standard InChI is InChI=1S/C31H30F3N9O/c1-44-29-25(26(21-10-11-21)36-17-38-29)27-37-18-39-30(41-27)42(12-2-3-19-4-5-19)15-20-6-8-22(9-7-20)28-40-24(31(32,33)34)16-43(28)23-13-35-14-23/h6-9,16-19,21,23,35H,4-5,10-15H2,1H3. The number of methoxy groups -OCH3 is 1. The lowest BCUT2D eigenvalue weighted by Gasteiger charge is -2.29. The molecule has 44 heavy (non-hydrogen) atoms. The van der Waals surface area contributed by atoms with E-state index in [0.29, 0.717) is 72.6 Å². The van der Waals surface area contributed by atoms with Crippen molar-refractivity contribution in [1.82, 2.24) is 39.8 Å². The second-order valence-electron chi connectivity index (χ2n) is 11.3. The smallest absolute Gasteiger partial charge is 0.434 e. The van der Waals surface area contributed by atoms with E-state index < -0.39 is 11.9 Å². The van der Waals surface area contributed by atoms with Crippen molar-refractivity contribution in [2.75, 3.05) is 31.6 Å². The molecule has 0 bridgehead atoms. The minimum Gasteiger partial charge on any atom is -0.480 e. The monoisotopic (exact) mass is 601 g/mol. The largest absolute Gasteiger partial charge is 0.480 e. The van der Waals surface area contributed by atoms with Crippen LogP contribution in [0.2, 0.25) is 0 Å². The molecule has 2 aliphatic carbocycles. The van der Waals surface area contributed by atoms with Crippen LogP contribution < -0.4 is 15.0 Å². The van der Waals surface area contributed by atoms with Crippen LogP contribution in [0.3, 0.4) is 0 Å². The van der Waals surface area contributed by atoms with Crippen LogP contribution in [0.4, 0.5) is 19.1 Å². The number of alkyl halides is 3. The molecule has 1 aliphatic heterocycles. The third-order valence-corrected chi connectivity index (χ3v) is 7.98. The molecule has 3 fully saturated rings. The van der Waals surface area contributed by atoms with Gasteiger partial charge in [0.15, 0.2) is 11.5 Å². The zero-order chi connectivity index (χ0) is 30.3. The van der Waals surface area contributed by atoms with Gasteiger partial charge in [-0.15, -0.1) is 0 Å². The van der Waals surface area contributed by atoms with E-state index in [4.69, 9.17) is 9.72 Å². The fourth-order valence-electron chi connectivity index (χ4n) is 5.16. The van der Waals surface area contributed by atoms with Crippen molar-refractivity contribution in [3.05, 3.63) is 60.1 Å². The Labute approximate surface area is 252 Å². The van der Waals surface area contributed by atoms with E-state index in [0.717, 1.165) is 43.1 Å². The number of hydrogen-bond donors (Lipinski definition) is 1. The third kappa shape index (κ3) is 5.94. The van der Waals surface area contributed by atoms with Gasteiger partial charge >= 0.3 is 6.18 Å². The van der Waals surface area contributed by atoms with Crippen LogP contribution in [0.25, 0.3) is 22.8 Å². The Balaban J connectivity index is 1.18. The minimum absolute atomic E-state index is 0.0686. The highest BCUT2D eigenvalue weighted by Gasteiger charge is 2.37. The zero-order valence-corrected chi connectivity index (χ0v) is 24.1. The topological polar surface area (TPSA) is 107 Å². The molecular formula is C31H30F3N9O. The summed E-state index contributed by atoms with van der Waals surface area (Å²) in [5.74, 6) is 8.93. The molecule has 1 saturated heterocycles. The second kappa shape index (κ2) is 11.5. The molecule has 3 aromatic heterocycles. The molecule has 1 aromatic carbocycles. The highest BCUT2D eigenvalue weighted by atomic mass is 19.4. The summed E-state index contributed by atoms with van der Waals surface area (Å²) in [5, 5.41) is 3.12. The normalized spacial score (nSPS) is 16.6. The average Bonchev–Trinajstić information content (AvgIpc) is 3.94. The van der Waals surface area contributed by atoms with Crippen molar-refractivity contribution < 1.29 is 17.9 Å². The van der Waals surface area contributed by atoms with E-state index in [1.165, 1.54) is 12.7 Å². The maximum absolute atomic E-state index is 13.5. The van der Waals surface area contributed by atoms with Gasteiger partial charge in [0.2, 0.25) is 11.8 Å². The summed E-state index contributed by atoms with van der Waals surface area (Å²) in [6.07, 6.45) is 3.88. The molecule has 3 aliphatic rings. The van der Waals surface area contributed by atoms with Crippen molar-refractivity contribution in [2.45, 2.75) is 50.4 Å². The van der Waals surface area contributed by atoms with Gasteiger partial charge in [-0.05, 0) is 31.2 Å². The Morgan fingerprint density at radius 1 is 1.00 bits per heavy atom. The Morgan fingerprint density at radius 2 is 1.77 bits per heavy atom. The van der Waals surface area contributed by atoms with Crippen LogP contribution >= 0.6 is 0 Å². The first-order valence-corrected chi connectivity index (χ1v) is 14.6. The predicted molar refractivity (Wildman–Crippen MR) is 156 cm³/mol. The van der Waals surface area contributed by atoms with Gasteiger partial charge in [0.1, 0.15) is 24.0 Å². The van der Waals surface area contributed by atoms with Gasteiger partial charge in [-0.2, -0.15) is 18.2 Å². The van der Waals surface area contributed by atoms with Crippen LogP contribution in [-0.2, 0) is 12.7 Å². The molecule has 4 aromatic rings. The molecule has 0 amide bonds. The van der Waals surface area contributed by atoms with Gasteiger partial charge in [-0.3, -0.25) is 0 Å². The number of halogens is 3. The van der Waals surface area contributed by atoms with E-state index in [9.17, 15) is 13.2 Å². The van der Waals surface area contributed by atoms with Crippen LogP contribution in [0.15, 0.2) is 43.1 Å². The highest BCUT2D eigenvalue weighted by Crippen LogP contribution is 2.45. The van der Waals surface area contributed by atoms with E-state index in [2.05, 4.69) is 42.1 Å². The Bertz CT molecular complexity index is 1720. The third-order valence-electron chi connectivity index (χ3n) is 7.98. The molecule has 0 atom stereocenters.